The van der Waals surface area contributed by atoms with Crippen LogP contribution in [0.1, 0.15) is 31.0 Å². The predicted octanol–water partition coefficient (Wildman–Crippen LogP) is 4.11. The average Bonchev–Trinajstić information content (AvgIpc) is 2.39. The Hall–Kier alpha value is -1.67. The van der Waals surface area contributed by atoms with Gasteiger partial charge in [0.1, 0.15) is 5.82 Å². The zero-order valence-electron chi connectivity index (χ0n) is 11.4. The van der Waals surface area contributed by atoms with Crippen LogP contribution in [0.2, 0.25) is 0 Å². The maximum atomic E-state index is 13.1. The van der Waals surface area contributed by atoms with Crippen molar-refractivity contribution in [3.63, 3.8) is 0 Å². The van der Waals surface area contributed by atoms with Gasteiger partial charge in [-0.2, -0.15) is 0 Å². The van der Waals surface area contributed by atoms with Gasteiger partial charge in [-0.3, -0.25) is 0 Å². The van der Waals surface area contributed by atoms with E-state index in [1.807, 2.05) is 24.3 Å². The minimum Gasteiger partial charge on any atom is -0.307 e. The lowest BCUT2D eigenvalue weighted by Crippen LogP contribution is -2.30. The number of hydrogen-bond donors (Lipinski definition) is 1. The molecule has 100 valence electrons. The van der Waals surface area contributed by atoms with Gasteiger partial charge < -0.3 is 5.32 Å². The number of nitrogens with one attached hydrogen (secondary N) is 1. The smallest absolute Gasteiger partial charge is 0.123 e. The maximum absolute atomic E-state index is 13.1. The van der Waals surface area contributed by atoms with Gasteiger partial charge in [-0.05, 0) is 43.5 Å². The van der Waals surface area contributed by atoms with Crippen molar-refractivity contribution >= 4 is 0 Å². The molecule has 0 aliphatic rings. The largest absolute Gasteiger partial charge is 0.307 e. The molecule has 2 aromatic carbocycles. The summed E-state index contributed by atoms with van der Waals surface area (Å²) in [4.78, 5) is 0. The molecule has 0 aliphatic heterocycles. The molecule has 2 atom stereocenters. The van der Waals surface area contributed by atoms with Gasteiger partial charge in [-0.15, -0.1) is 0 Å². The Morgan fingerprint density at radius 1 is 1.00 bits per heavy atom. The van der Waals surface area contributed by atoms with Crippen molar-refractivity contribution in [2.24, 2.45) is 0 Å². The molecule has 1 N–H and O–H groups in total. The quantitative estimate of drug-likeness (QED) is 0.850. The fraction of sp³-hybridized carbons (Fsp3) is 0.294. The summed E-state index contributed by atoms with van der Waals surface area (Å²) >= 11 is 0. The van der Waals surface area contributed by atoms with Crippen LogP contribution in [-0.2, 0) is 6.42 Å². The molecular formula is C17H20FN. The Morgan fingerprint density at radius 3 is 2.42 bits per heavy atom. The molecule has 2 aromatic rings. The molecule has 1 unspecified atom stereocenters. The summed E-state index contributed by atoms with van der Waals surface area (Å²) in [6.07, 6.45) is 0.828. The zero-order chi connectivity index (χ0) is 13.7. The molecule has 1 nitrogen and oxygen atoms in total. The Labute approximate surface area is 114 Å². The minimum atomic E-state index is -0.166. The SMILES string of the molecule is CC(Cc1cccc(F)c1)N[C@@H](C)c1ccccc1. The first kappa shape index (κ1) is 13.8. The summed E-state index contributed by atoms with van der Waals surface area (Å²) in [6, 6.07) is 17.8. The molecule has 0 spiro atoms. The number of halogens is 1. The van der Waals surface area contributed by atoms with Crippen LogP contribution in [0, 0.1) is 5.82 Å². The molecule has 0 aliphatic carbocycles. The van der Waals surface area contributed by atoms with Crippen molar-refractivity contribution in [2.45, 2.75) is 32.4 Å². The van der Waals surface area contributed by atoms with E-state index in [2.05, 4.69) is 31.3 Å². The Bertz CT molecular complexity index is 510. The van der Waals surface area contributed by atoms with Gasteiger partial charge in [0.25, 0.3) is 0 Å². The van der Waals surface area contributed by atoms with Crippen LogP contribution in [0.4, 0.5) is 4.39 Å². The van der Waals surface area contributed by atoms with E-state index in [4.69, 9.17) is 0 Å². The normalized spacial score (nSPS) is 14.1. The first-order chi connectivity index (χ1) is 9.15. The van der Waals surface area contributed by atoms with E-state index in [9.17, 15) is 4.39 Å². The van der Waals surface area contributed by atoms with Gasteiger partial charge in [-0.25, -0.2) is 4.39 Å². The lowest BCUT2D eigenvalue weighted by Gasteiger charge is -2.20. The standard InChI is InChI=1S/C17H20FN/c1-13(11-15-7-6-10-17(18)12-15)19-14(2)16-8-4-3-5-9-16/h3-10,12-14,19H,11H2,1-2H3/t13?,14-/m0/s1. The van der Waals surface area contributed by atoms with Gasteiger partial charge in [0, 0.05) is 12.1 Å². The molecule has 2 heteroatoms. The van der Waals surface area contributed by atoms with Crippen molar-refractivity contribution in [3.8, 4) is 0 Å². The summed E-state index contributed by atoms with van der Waals surface area (Å²) in [6.45, 7) is 4.28. The van der Waals surface area contributed by atoms with Gasteiger partial charge in [0.15, 0.2) is 0 Å². The number of rotatable bonds is 5. The van der Waals surface area contributed by atoms with E-state index < -0.39 is 0 Å². The van der Waals surface area contributed by atoms with Crippen LogP contribution >= 0.6 is 0 Å². The third-order valence-corrected chi connectivity index (χ3v) is 3.27. The van der Waals surface area contributed by atoms with E-state index in [-0.39, 0.29) is 5.82 Å². The second-order valence-corrected chi connectivity index (χ2v) is 5.03. The van der Waals surface area contributed by atoms with E-state index in [0.29, 0.717) is 12.1 Å². The van der Waals surface area contributed by atoms with Crippen LogP contribution in [-0.4, -0.2) is 6.04 Å². The second kappa shape index (κ2) is 6.48. The number of benzene rings is 2. The molecule has 0 bridgehead atoms. The summed E-state index contributed by atoms with van der Waals surface area (Å²) in [5.74, 6) is -0.166. The molecule has 0 fully saturated rings. The highest BCUT2D eigenvalue weighted by Gasteiger charge is 2.09. The lowest BCUT2D eigenvalue weighted by atomic mass is 10.0. The van der Waals surface area contributed by atoms with E-state index >= 15 is 0 Å². The molecule has 0 aromatic heterocycles. The first-order valence-electron chi connectivity index (χ1n) is 6.70. The van der Waals surface area contributed by atoms with Crippen molar-refractivity contribution < 1.29 is 4.39 Å². The summed E-state index contributed by atoms with van der Waals surface area (Å²) in [5, 5.41) is 3.54. The van der Waals surface area contributed by atoms with Gasteiger partial charge >= 0.3 is 0 Å². The number of hydrogen-bond acceptors (Lipinski definition) is 1. The Morgan fingerprint density at radius 2 is 1.74 bits per heavy atom. The molecule has 19 heavy (non-hydrogen) atoms. The van der Waals surface area contributed by atoms with Gasteiger partial charge in [-0.1, -0.05) is 42.5 Å². The van der Waals surface area contributed by atoms with Gasteiger partial charge in [0.05, 0.1) is 0 Å². The molecule has 2 rings (SSSR count). The highest BCUT2D eigenvalue weighted by molar-refractivity contribution is 5.19. The zero-order valence-corrected chi connectivity index (χ0v) is 11.4. The molecule has 0 heterocycles. The van der Waals surface area contributed by atoms with Gasteiger partial charge in [0.2, 0.25) is 0 Å². The van der Waals surface area contributed by atoms with Crippen molar-refractivity contribution in [1.29, 1.82) is 0 Å². The van der Waals surface area contributed by atoms with E-state index in [1.54, 1.807) is 12.1 Å². The van der Waals surface area contributed by atoms with Crippen molar-refractivity contribution in [1.82, 2.24) is 5.32 Å². The van der Waals surface area contributed by atoms with Crippen LogP contribution in [0.5, 0.6) is 0 Å². The minimum absolute atomic E-state index is 0.166. The van der Waals surface area contributed by atoms with Crippen LogP contribution in [0.15, 0.2) is 54.6 Å². The predicted molar refractivity (Wildman–Crippen MR) is 77.6 cm³/mol. The van der Waals surface area contributed by atoms with Crippen LogP contribution in [0.25, 0.3) is 0 Å². The Kier molecular flexibility index (Phi) is 4.69. The fourth-order valence-electron chi connectivity index (χ4n) is 2.34. The third-order valence-electron chi connectivity index (χ3n) is 3.27. The average molecular weight is 257 g/mol. The monoisotopic (exact) mass is 257 g/mol. The second-order valence-electron chi connectivity index (χ2n) is 5.03. The van der Waals surface area contributed by atoms with Crippen molar-refractivity contribution in [3.05, 3.63) is 71.5 Å². The maximum Gasteiger partial charge on any atom is 0.123 e. The van der Waals surface area contributed by atoms with E-state index in [0.717, 1.165) is 12.0 Å². The van der Waals surface area contributed by atoms with Crippen molar-refractivity contribution in [2.75, 3.05) is 0 Å². The first-order valence-corrected chi connectivity index (χ1v) is 6.70. The molecule has 0 radical (unpaired) electrons. The highest BCUT2D eigenvalue weighted by atomic mass is 19.1. The summed E-state index contributed by atoms with van der Waals surface area (Å²) in [7, 11) is 0. The van der Waals surface area contributed by atoms with Crippen LogP contribution < -0.4 is 5.32 Å². The lowest BCUT2D eigenvalue weighted by molar-refractivity contribution is 0.476. The summed E-state index contributed by atoms with van der Waals surface area (Å²) < 4.78 is 13.1. The molecule has 0 amide bonds. The topological polar surface area (TPSA) is 12.0 Å². The molecular weight excluding hydrogens is 237 g/mol. The third kappa shape index (κ3) is 4.18. The van der Waals surface area contributed by atoms with Crippen LogP contribution in [0.3, 0.4) is 0 Å². The Balaban J connectivity index is 1.92. The molecule has 0 saturated carbocycles. The molecule has 0 saturated heterocycles. The highest BCUT2D eigenvalue weighted by Crippen LogP contribution is 2.14. The summed E-state index contributed by atoms with van der Waals surface area (Å²) in [5.41, 5.74) is 2.30. The van der Waals surface area contributed by atoms with E-state index in [1.165, 1.54) is 11.6 Å². The fourth-order valence-corrected chi connectivity index (χ4v) is 2.34.